The normalized spacial score (nSPS) is 18.0. The van der Waals surface area contributed by atoms with Gasteiger partial charge in [-0.3, -0.25) is 14.6 Å². The van der Waals surface area contributed by atoms with Crippen LogP contribution in [0.1, 0.15) is 28.4 Å². The van der Waals surface area contributed by atoms with E-state index in [4.69, 9.17) is 0 Å². The molecule has 0 bridgehead atoms. The second-order valence-corrected chi connectivity index (χ2v) is 6.31. The van der Waals surface area contributed by atoms with E-state index in [0.717, 1.165) is 16.8 Å². The van der Waals surface area contributed by atoms with Crippen LogP contribution >= 0.6 is 0 Å². The molecule has 1 fully saturated rings. The Labute approximate surface area is 141 Å². The number of aromatic nitrogens is 1. The van der Waals surface area contributed by atoms with E-state index < -0.39 is 0 Å². The van der Waals surface area contributed by atoms with Gasteiger partial charge in [0.2, 0.25) is 5.91 Å². The minimum atomic E-state index is -0.134. The molecule has 24 heavy (non-hydrogen) atoms. The van der Waals surface area contributed by atoms with Crippen molar-refractivity contribution in [1.29, 1.82) is 0 Å². The highest BCUT2D eigenvalue weighted by Gasteiger charge is 2.34. The third-order valence-corrected chi connectivity index (χ3v) is 4.46. The number of aryl methyl sites for hydroxylation is 2. The fourth-order valence-corrected chi connectivity index (χ4v) is 2.94. The molecule has 3 rings (SSSR count). The smallest absolute Gasteiger partial charge is 0.256 e. The Balaban J connectivity index is 1.81. The molecule has 1 aliphatic rings. The molecule has 2 heterocycles. The fourth-order valence-electron chi connectivity index (χ4n) is 2.94. The fraction of sp³-hybridized carbons (Fsp3) is 0.316. The van der Waals surface area contributed by atoms with Gasteiger partial charge in [-0.25, -0.2) is 0 Å². The molecule has 2 aromatic rings. The summed E-state index contributed by atoms with van der Waals surface area (Å²) in [5.74, 6) is -0.197. The van der Waals surface area contributed by atoms with Gasteiger partial charge in [-0.15, -0.1) is 0 Å². The van der Waals surface area contributed by atoms with E-state index >= 15 is 0 Å². The van der Waals surface area contributed by atoms with Crippen molar-refractivity contribution in [3.63, 3.8) is 0 Å². The van der Waals surface area contributed by atoms with Gasteiger partial charge in [0.15, 0.2) is 0 Å². The van der Waals surface area contributed by atoms with E-state index in [9.17, 15) is 9.59 Å². The molecular formula is C19H21N3O2. The first-order chi connectivity index (χ1) is 11.5. The maximum Gasteiger partial charge on any atom is 0.256 e. The maximum atomic E-state index is 12.8. The summed E-state index contributed by atoms with van der Waals surface area (Å²) in [4.78, 5) is 32.8. The second kappa shape index (κ2) is 6.43. The molecular weight excluding hydrogens is 302 g/mol. The van der Waals surface area contributed by atoms with Gasteiger partial charge in [-0.05, 0) is 44.5 Å². The Bertz CT molecular complexity index is 770. The van der Waals surface area contributed by atoms with E-state index in [2.05, 4.69) is 4.98 Å². The van der Waals surface area contributed by atoms with Crippen LogP contribution < -0.4 is 4.90 Å². The van der Waals surface area contributed by atoms with Crippen molar-refractivity contribution in [2.45, 2.75) is 26.8 Å². The lowest BCUT2D eigenvalue weighted by Gasteiger charge is -2.39. The number of carbonyl (C=O) groups excluding carboxylic acids is 2. The number of pyridine rings is 1. The van der Waals surface area contributed by atoms with Crippen molar-refractivity contribution in [2.75, 3.05) is 18.0 Å². The largest absolute Gasteiger partial charge is 0.325 e. The Hall–Kier alpha value is -2.69. The lowest BCUT2D eigenvalue weighted by atomic mass is 10.1. The van der Waals surface area contributed by atoms with E-state index in [0.29, 0.717) is 12.1 Å². The van der Waals surface area contributed by atoms with Gasteiger partial charge in [-0.2, -0.15) is 0 Å². The van der Waals surface area contributed by atoms with Gasteiger partial charge in [0.05, 0.1) is 5.56 Å². The highest BCUT2D eigenvalue weighted by molar-refractivity contribution is 6.02. The summed E-state index contributed by atoms with van der Waals surface area (Å²) < 4.78 is 0. The monoisotopic (exact) mass is 323 g/mol. The van der Waals surface area contributed by atoms with Gasteiger partial charge in [-0.1, -0.05) is 17.7 Å². The number of nitrogens with zero attached hydrogens (tertiary/aromatic N) is 3. The number of benzene rings is 1. The lowest BCUT2D eigenvalue weighted by Crippen LogP contribution is -2.57. The molecule has 1 saturated heterocycles. The summed E-state index contributed by atoms with van der Waals surface area (Å²) >= 11 is 0. The molecule has 5 nitrogen and oxygen atoms in total. The Kier molecular flexibility index (Phi) is 4.34. The molecule has 0 radical (unpaired) electrons. The van der Waals surface area contributed by atoms with E-state index in [1.54, 1.807) is 22.2 Å². The number of piperazine rings is 1. The average molecular weight is 323 g/mol. The summed E-state index contributed by atoms with van der Waals surface area (Å²) in [6.45, 7) is 6.44. The third-order valence-electron chi connectivity index (χ3n) is 4.46. The molecule has 0 unspecified atom stereocenters. The second-order valence-electron chi connectivity index (χ2n) is 6.31. The van der Waals surface area contributed by atoms with Crippen molar-refractivity contribution in [3.8, 4) is 0 Å². The van der Waals surface area contributed by atoms with Gasteiger partial charge >= 0.3 is 0 Å². The molecule has 124 valence electrons. The number of hydrogen-bond donors (Lipinski definition) is 0. The topological polar surface area (TPSA) is 53.5 Å². The Morgan fingerprint density at radius 2 is 1.88 bits per heavy atom. The quantitative estimate of drug-likeness (QED) is 0.853. The maximum absolute atomic E-state index is 12.8. The first-order valence-corrected chi connectivity index (χ1v) is 8.06. The molecule has 0 spiro atoms. The molecule has 5 heteroatoms. The SMILES string of the molecule is Cc1ccc(N2C[C@H](C)N(C(=O)c3cnccc3C)CC2=O)cc1. The molecule has 0 aliphatic carbocycles. The van der Waals surface area contributed by atoms with Crippen molar-refractivity contribution >= 4 is 17.5 Å². The molecule has 0 saturated carbocycles. The predicted octanol–water partition coefficient (Wildman–Crippen LogP) is 2.58. The van der Waals surface area contributed by atoms with Crippen molar-refractivity contribution < 1.29 is 9.59 Å². The average Bonchev–Trinajstić information content (AvgIpc) is 2.57. The molecule has 1 aromatic heterocycles. The van der Waals surface area contributed by atoms with Crippen LogP contribution in [0, 0.1) is 13.8 Å². The van der Waals surface area contributed by atoms with Crippen molar-refractivity contribution in [1.82, 2.24) is 9.88 Å². The van der Waals surface area contributed by atoms with Crippen LogP contribution in [0.3, 0.4) is 0 Å². The first-order valence-electron chi connectivity index (χ1n) is 8.06. The Morgan fingerprint density at radius 1 is 1.17 bits per heavy atom. The lowest BCUT2D eigenvalue weighted by molar-refractivity contribution is -0.121. The van der Waals surface area contributed by atoms with Crippen molar-refractivity contribution in [3.05, 3.63) is 59.4 Å². The highest BCUT2D eigenvalue weighted by atomic mass is 16.2. The van der Waals surface area contributed by atoms with E-state index in [1.165, 1.54) is 0 Å². The number of rotatable bonds is 2. The van der Waals surface area contributed by atoms with E-state index in [-0.39, 0.29) is 24.4 Å². The minimum Gasteiger partial charge on any atom is -0.325 e. The van der Waals surface area contributed by atoms with E-state index in [1.807, 2.05) is 51.1 Å². The number of amides is 2. The van der Waals surface area contributed by atoms with Crippen LogP contribution in [-0.2, 0) is 4.79 Å². The van der Waals surface area contributed by atoms with Crippen molar-refractivity contribution in [2.24, 2.45) is 0 Å². The van der Waals surface area contributed by atoms with Crippen LogP contribution in [0.5, 0.6) is 0 Å². The molecule has 2 amide bonds. The van der Waals surface area contributed by atoms with Gasteiger partial charge in [0.1, 0.15) is 6.54 Å². The summed E-state index contributed by atoms with van der Waals surface area (Å²) in [7, 11) is 0. The third kappa shape index (κ3) is 3.02. The molecule has 1 atom stereocenters. The van der Waals surface area contributed by atoms with Crippen LogP contribution in [-0.4, -0.2) is 40.8 Å². The van der Waals surface area contributed by atoms with Crippen LogP contribution in [0.25, 0.3) is 0 Å². The first kappa shape index (κ1) is 16.2. The molecule has 0 N–H and O–H groups in total. The predicted molar refractivity (Wildman–Crippen MR) is 93.0 cm³/mol. The van der Waals surface area contributed by atoms with Crippen LogP contribution in [0.15, 0.2) is 42.7 Å². The molecule has 1 aliphatic heterocycles. The molecule has 1 aromatic carbocycles. The zero-order valence-corrected chi connectivity index (χ0v) is 14.2. The minimum absolute atomic E-state index is 0.0592. The summed E-state index contributed by atoms with van der Waals surface area (Å²) in [5, 5.41) is 0. The van der Waals surface area contributed by atoms with Crippen LogP contribution in [0.4, 0.5) is 5.69 Å². The van der Waals surface area contributed by atoms with Gasteiger partial charge in [0.25, 0.3) is 5.91 Å². The van der Waals surface area contributed by atoms with Gasteiger partial charge in [0, 0.05) is 30.7 Å². The standard InChI is InChI=1S/C19H21N3O2/c1-13-4-6-16(7-5-13)22-11-15(3)21(12-18(22)23)19(24)17-10-20-9-8-14(17)2/h4-10,15H,11-12H2,1-3H3/t15-/m0/s1. The summed E-state index contributed by atoms with van der Waals surface area (Å²) in [6, 6.07) is 9.62. The number of hydrogen-bond acceptors (Lipinski definition) is 3. The zero-order chi connectivity index (χ0) is 17.3. The highest BCUT2D eigenvalue weighted by Crippen LogP contribution is 2.22. The summed E-state index contributed by atoms with van der Waals surface area (Å²) in [5.41, 5.74) is 3.46. The number of anilines is 1. The zero-order valence-electron chi connectivity index (χ0n) is 14.2. The van der Waals surface area contributed by atoms with Gasteiger partial charge < -0.3 is 9.80 Å². The summed E-state index contributed by atoms with van der Waals surface area (Å²) in [6.07, 6.45) is 3.23. The number of carbonyl (C=O) groups is 2. The Morgan fingerprint density at radius 3 is 2.54 bits per heavy atom. The van der Waals surface area contributed by atoms with Crippen LogP contribution in [0.2, 0.25) is 0 Å².